The number of allylic oxidation sites excluding steroid dienone is 2. The van der Waals surface area contributed by atoms with Crippen LogP contribution in [-0.4, -0.2) is 0 Å². The number of unbranched alkanes of at least 4 members (excludes halogenated alkanes) is 1. The molecule has 0 unspecified atom stereocenters. The van der Waals surface area contributed by atoms with Crippen molar-refractivity contribution in [1.29, 1.82) is 0 Å². The van der Waals surface area contributed by atoms with Gasteiger partial charge in [-0.05, 0) is 19.8 Å². The molecule has 0 saturated carbocycles. The zero-order chi connectivity index (χ0) is 11.1. The van der Waals surface area contributed by atoms with Gasteiger partial charge in [-0.1, -0.05) is 66.0 Å². The monoisotopic (exact) mass is 186 g/mol. The zero-order valence-electron chi connectivity index (χ0n) is 10.9. The topological polar surface area (TPSA) is 0 Å². The molecule has 0 fully saturated rings. The quantitative estimate of drug-likeness (QED) is 0.504. The Balaban J connectivity index is -0.000000142. The summed E-state index contributed by atoms with van der Waals surface area (Å²) in [5, 5.41) is 0. The van der Waals surface area contributed by atoms with Crippen molar-refractivity contribution in [3.8, 4) is 0 Å². The van der Waals surface area contributed by atoms with Crippen LogP contribution in [0.2, 0.25) is 0 Å². The molecule has 0 amide bonds. The van der Waals surface area contributed by atoms with Crippen molar-refractivity contribution in [3.63, 3.8) is 0 Å². The van der Waals surface area contributed by atoms with Crippen LogP contribution in [0.25, 0.3) is 0 Å². The molecule has 0 heteroatoms. The molecule has 0 aromatic carbocycles. The van der Waals surface area contributed by atoms with Crippen LogP contribution >= 0.6 is 0 Å². The van der Waals surface area contributed by atoms with Crippen molar-refractivity contribution in [2.45, 2.75) is 74.1 Å². The summed E-state index contributed by atoms with van der Waals surface area (Å²) in [4.78, 5) is 0. The van der Waals surface area contributed by atoms with E-state index in [1.54, 1.807) is 0 Å². The van der Waals surface area contributed by atoms with Crippen molar-refractivity contribution >= 4 is 0 Å². The van der Waals surface area contributed by atoms with E-state index in [-0.39, 0.29) is 0 Å². The van der Waals surface area contributed by atoms with Crippen molar-refractivity contribution in [2.75, 3.05) is 0 Å². The molecule has 0 aliphatic heterocycles. The summed E-state index contributed by atoms with van der Waals surface area (Å²) in [6.45, 7) is 14.9. The molecule has 0 bridgehead atoms. The smallest absolute Gasteiger partial charge is 0.0352 e. The second-order valence-electron chi connectivity index (χ2n) is 2.81. The van der Waals surface area contributed by atoms with Crippen LogP contribution in [0.1, 0.15) is 74.1 Å². The number of rotatable bonds is 3. The molecule has 0 aromatic heterocycles. The van der Waals surface area contributed by atoms with Crippen molar-refractivity contribution in [3.05, 3.63) is 11.6 Å². The van der Waals surface area contributed by atoms with Gasteiger partial charge >= 0.3 is 0 Å². The lowest BCUT2D eigenvalue weighted by atomic mass is 10.2. The SMILES string of the molecule is CC.CC/C=C(\C)CC.CCCC. The molecule has 0 nitrogen and oxygen atoms in total. The number of hydrogen-bond acceptors (Lipinski definition) is 0. The molecule has 13 heavy (non-hydrogen) atoms. The molecule has 0 aromatic rings. The molecule has 0 aliphatic carbocycles. The molecule has 0 heterocycles. The van der Waals surface area contributed by atoms with Gasteiger partial charge in [0.05, 0.1) is 0 Å². The van der Waals surface area contributed by atoms with Crippen molar-refractivity contribution in [2.24, 2.45) is 0 Å². The third kappa shape index (κ3) is 33.8. The highest BCUT2D eigenvalue weighted by Crippen LogP contribution is 1.97. The average molecular weight is 186 g/mol. The van der Waals surface area contributed by atoms with E-state index in [1.165, 1.54) is 31.3 Å². The maximum Gasteiger partial charge on any atom is -0.0352 e. The normalized spacial score (nSPS) is 9.31. The van der Waals surface area contributed by atoms with Gasteiger partial charge in [-0.25, -0.2) is 0 Å². The van der Waals surface area contributed by atoms with Gasteiger partial charge in [0.25, 0.3) is 0 Å². The molecule has 82 valence electrons. The maximum absolute atomic E-state index is 2.26. The second kappa shape index (κ2) is 22.6. The summed E-state index contributed by atoms with van der Waals surface area (Å²) in [5.74, 6) is 0. The summed E-state index contributed by atoms with van der Waals surface area (Å²) in [6, 6.07) is 0. The van der Waals surface area contributed by atoms with Crippen molar-refractivity contribution in [1.82, 2.24) is 0 Å². The minimum absolute atomic E-state index is 1.18. The van der Waals surface area contributed by atoms with Gasteiger partial charge < -0.3 is 0 Å². The van der Waals surface area contributed by atoms with Gasteiger partial charge in [0.1, 0.15) is 0 Å². The van der Waals surface area contributed by atoms with Crippen LogP contribution in [-0.2, 0) is 0 Å². The van der Waals surface area contributed by atoms with Crippen LogP contribution in [0.5, 0.6) is 0 Å². The van der Waals surface area contributed by atoms with E-state index in [0.717, 1.165) is 0 Å². The Morgan fingerprint density at radius 3 is 1.38 bits per heavy atom. The highest BCUT2D eigenvalue weighted by atomic mass is 13.8. The Kier molecular flexibility index (Phi) is 32.2. The highest BCUT2D eigenvalue weighted by molar-refractivity contribution is 4.95. The third-order valence-electron chi connectivity index (χ3n) is 1.61. The first-order valence-corrected chi connectivity index (χ1v) is 5.88. The van der Waals surface area contributed by atoms with E-state index in [0.29, 0.717) is 0 Å². The van der Waals surface area contributed by atoms with E-state index >= 15 is 0 Å². The number of hydrogen-bond donors (Lipinski definition) is 0. The largest absolute Gasteiger partial charge is 0.0859 e. The Labute approximate surface area is 86.4 Å². The van der Waals surface area contributed by atoms with E-state index < -0.39 is 0 Å². The van der Waals surface area contributed by atoms with E-state index in [2.05, 4.69) is 40.7 Å². The molecule has 0 aliphatic rings. The standard InChI is InChI=1S/C7H14.C4H10.C2H6/c1-4-6-7(3)5-2;1-3-4-2;1-2/h6H,4-5H2,1-3H3;3-4H2,1-2H3;1-2H3/b7-6+;;. The van der Waals surface area contributed by atoms with Crippen LogP contribution in [0.15, 0.2) is 11.6 Å². The van der Waals surface area contributed by atoms with E-state index in [4.69, 9.17) is 0 Å². The minimum Gasteiger partial charge on any atom is -0.0859 e. The van der Waals surface area contributed by atoms with Crippen molar-refractivity contribution < 1.29 is 0 Å². The first-order valence-electron chi connectivity index (χ1n) is 5.88. The van der Waals surface area contributed by atoms with Crippen LogP contribution < -0.4 is 0 Å². The maximum atomic E-state index is 2.26. The summed E-state index contributed by atoms with van der Waals surface area (Å²) in [5.41, 5.74) is 1.50. The first-order chi connectivity index (χ1) is 6.22. The van der Waals surface area contributed by atoms with E-state index in [9.17, 15) is 0 Å². The molecular weight excluding hydrogens is 156 g/mol. The van der Waals surface area contributed by atoms with Crippen LogP contribution in [0, 0.1) is 0 Å². The predicted molar refractivity (Wildman–Crippen MR) is 66.3 cm³/mol. The summed E-state index contributed by atoms with van der Waals surface area (Å²) >= 11 is 0. The fourth-order valence-electron chi connectivity index (χ4n) is 0.493. The van der Waals surface area contributed by atoms with Gasteiger partial charge in [0, 0.05) is 0 Å². The van der Waals surface area contributed by atoms with E-state index in [1.807, 2.05) is 13.8 Å². The van der Waals surface area contributed by atoms with Gasteiger partial charge in [-0.15, -0.1) is 0 Å². The Morgan fingerprint density at radius 1 is 0.923 bits per heavy atom. The molecule has 0 saturated heterocycles. The highest BCUT2D eigenvalue weighted by Gasteiger charge is 1.76. The Morgan fingerprint density at radius 2 is 1.31 bits per heavy atom. The fraction of sp³-hybridized carbons (Fsp3) is 0.846. The third-order valence-corrected chi connectivity index (χ3v) is 1.61. The average Bonchev–Trinajstić information content (AvgIpc) is 2.21. The molecule has 0 atom stereocenters. The molecule has 0 N–H and O–H groups in total. The van der Waals surface area contributed by atoms with Gasteiger partial charge in [0.2, 0.25) is 0 Å². The fourth-order valence-corrected chi connectivity index (χ4v) is 0.493. The lowest BCUT2D eigenvalue weighted by molar-refractivity contribution is 0.886. The minimum atomic E-state index is 1.18. The van der Waals surface area contributed by atoms with Crippen LogP contribution in [0.4, 0.5) is 0 Å². The Bertz CT molecular complexity index is 78.0. The summed E-state index contributed by atoms with van der Waals surface area (Å²) < 4.78 is 0. The second-order valence-corrected chi connectivity index (χ2v) is 2.81. The predicted octanol–water partition coefficient (Wildman–Crippen LogP) is 5.59. The van der Waals surface area contributed by atoms with Gasteiger partial charge in [-0.2, -0.15) is 0 Å². The first kappa shape index (κ1) is 18.5. The molecule has 0 spiro atoms. The summed E-state index contributed by atoms with van der Waals surface area (Å²) in [6.07, 6.45) is 7.29. The zero-order valence-corrected chi connectivity index (χ0v) is 10.9. The van der Waals surface area contributed by atoms with Crippen LogP contribution in [0.3, 0.4) is 0 Å². The van der Waals surface area contributed by atoms with Gasteiger partial charge in [0.15, 0.2) is 0 Å². The molecule has 0 rings (SSSR count). The Hall–Kier alpha value is -0.260. The lowest BCUT2D eigenvalue weighted by Crippen LogP contribution is -1.67. The summed E-state index contributed by atoms with van der Waals surface area (Å²) in [7, 11) is 0. The van der Waals surface area contributed by atoms with Gasteiger partial charge in [-0.3, -0.25) is 0 Å². The molecular formula is C13H30. The lowest BCUT2D eigenvalue weighted by Gasteiger charge is -1.88. The molecule has 0 radical (unpaired) electrons.